The van der Waals surface area contributed by atoms with Gasteiger partial charge in [-0.2, -0.15) is 0 Å². The van der Waals surface area contributed by atoms with E-state index in [2.05, 4.69) is 13.0 Å². The van der Waals surface area contributed by atoms with Crippen molar-refractivity contribution >= 4 is 5.97 Å². The summed E-state index contributed by atoms with van der Waals surface area (Å²) in [5.41, 5.74) is 0. The Balaban J connectivity index is 3.33. The van der Waals surface area contributed by atoms with Crippen LogP contribution in [0.25, 0.3) is 0 Å². The van der Waals surface area contributed by atoms with Gasteiger partial charge in [-0.3, -0.25) is 4.79 Å². The minimum Gasteiger partial charge on any atom is -0.481 e. The van der Waals surface area contributed by atoms with Crippen LogP contribution in [0.3, 0.4) is 0 Å². The molecule has 1 unspecified atom stereocenters. The van der Waals surface area contributed by atoms with Gasteiger partial charge >= 0.3 is 5.97 Å². The average molecular weight is 212 g/mol. The van der Waals surface area contributed by atoms with E-state index in [0.29, 0.717) is 0 Å². The number of unbranched alkanes of at least 4 members (excludes halogenated alkanes) is 5. The first kappa shape index (κ1) is 14.2. The van der Waals surface area contributed by atoms with Crippen molar-refractivity contribution in [3.05, 3.63) is 12.2 Å². The highest BCUT2D eigenvalue weighted by Crippen LogP contribution is 2.08. The number of aliphatic carboxylic acids is 1. The van der Waals surface area contributed by atoms with Crippen LogP contribution < -0.4 is 0 Å². The molecule has 0 aromatic carbocycles. The molecular formula is C13H24O2. The Kier molecular flexibility index (Phi) is 9.24. The molecule has 0 aliphatic heterocycles. The Labute approximate surface area is 93.4 Å². The molecule has 88 valence electrons. The van der Waals surface area contributed by atoms with Gasteiger partial charge in [0.25, 0.3) is 0 Å². The van der Waals surface area contributed by atoms with Crippen LogP contribution in [-0.4, -0.2) is 11.1 Å². The highest BCUT2D eigenvalue weighted by atomic mass is 16.4. The van der Waals surface area contributed by atoms with Gasteiger partial charge in [0.1, 0.15) is 0 Å². The monoisotopic (exact) mass is 212 g/mol. The highest BCUT2D eigenvalue weighted by Gasteiger charge is 2.02. The van der Waals surface area contributed by atoms with Crippen LogP contribution in [0.5, 0.6) is 0 Å². The van der Waals surface area contributed by atoms with E-state index in [1.54, 1.807) is 0 Å². The number of hydrogen-bond acceptors (Lipinski definition) is 1. The van der Waals surface area contributed by atoms with Crippen LogP contribution in [0.2, 0.25) is 0 Å². The SMILES string of the molecule is CCCCCCCC=CC(C)CC(=O)O. The maximum Gasteiger partial charge on any atom is 0.303 e. The van der Waals surface area contributed by atoms with Crippen LogP contribution in [0.4, 0.5) is 0 Å². The summed E-state index contributed by atoms with van der Waals surface area (Å²) in [4.78, 5) is 10.4. The molecule has 0 aromatic heterocycles. The van der Waals surface area contributed by atoms with Crippen LogP contribution in [0.1, 0.15) is 58.8 Å². The number of hydrogen-bond donors (Lipinski definition) is 1. The van der Waals surface area contributed by atoms with E-state index in [4.69, 9.17) is 5.11 Å². The zero-order chi connectivity index (χ0) is 11.5. The highest BCUT2D eigenvalue weighted by molar-refractivity contribution is 5.67. The minimum atomic E-state index is -0.713. The third-order valence-electron chi connectivity index (χ3n) is 2.44. The van der Waals surface area contributed by atoms with Crippen molar-refractivity contribution in [1.82, 2.24) is 0 Å². The predicted molar refractivity (Wildman–Crippen MR) is 63.9 cm³/mol. The molecule has 0 heterocycles. The van der Waals surface area contributed by atoms with E-state index in [0.717, 1.165) is 6.42 Å². The fraction of sp³-hybridized carbons (Fsp3) is 0.769. The number of carboxylic acids is 1. The van der Waals surface area contributed by atoms with Crippen molar-refractivity contribution in [2.24, 2.45) is 5.92 Å². The van der Waals surface area contributed by atoms with Gasteiger partial charge in [0, 0.05) is 0 Å². The van der Waals surface area contributed by atoms with Gasteiger partial charge in [0.2, 0.25) is 0 Å². The second-order valence-corrected chi connectivity index (χ2v) is 4.21. The van der Waals surface area contributed by atoms with Crippen molar-refractivity contribution in [2.75, 3.05) is 0 Å². The largest absolute Gasteiger partial charge is 0.481 e. The summed E-state index contributed by atoms with van der Waals surface area (Å²) in [6.07, 6.45) is 12.0. The van der Waals surface area contributed by atoms with Crippen molar-refractivity contribution in [1.29, 1.82) is 0 Å². The molecule has 0 rings (SSSR count). The second kappa shape index (κ2) is 9.75. The average Bonchev–Trinajstić information content (AvgIpc) is 2.15. The molecule has 0 saturated carbocycles. The van der Waals surface area contributed by atoms with Gasteiger partial charge in [-0.1, -0.05) is 51.7 Å². The number of carbonyl (C=O) groups is 1. The lowest BCUT2D eigenvalue weighted by atomic mass is 10.1. The summed E-state index contributed by atoms with van der Waals surface area (Å²) in [5.74, 6) is -0.548. The van der Waals surface area contributed by atoms with Crippen LogP contribution in [0, 0.1) is 5.92 Å². The van der Waals surface area contributed by atoms with E-state index >= 15 is 0 Å². The van der Waals surface area contributed by atoms with E-state index in [-0.39, 0.29) is 12.3 Å². The first-order chi connectivity index (χ1) is 7.16. The molecule has 0 amide bonds. The molecule has 0 saturated heterocycles. The van der Waals surface area contributed by atoms with Crippen LogP contribution >= 0.6 is 0 Å². The first-order valence-electron chi connectivity index (χ1n) is 6.05. The van der Waals surface area contributed by atoms with Gasteiger partial charge in [0.05, 0.1) is 6.42 Å². The lowest BCUT2D eigenvalue weighted by Crippen LogP contribution is -2.00. The molecule has 0 aliphatic carbocycles. The first-order valence-corrected chi connectivity index (χ1v) is 6.05. The van der Waals surface area contributed by atoms with Crippen LogP contribution in [0.15, 0.2) is 12.2 Å². The molecule has 15 heavy (non-hydrogen) atoms. The molecule has 0 fully saturated rings. The molecule has 0 aromatic rings. The Morgan fingerprint density at radius 1 is 1.27 bits per heavy atom. The molecule has 1 N–H and O–H groups in total. The van der Waals surface area contributed by atoms with Crippen molar-refractivity contribution in [3.8, 4) is 0 Å². The smallest absolute Gasteiger partial charge is 0.303 e. The number of allylic oxidation sites excluding steroid dienone is 2. The molecular weight excluding hydrogens is 188 g/mol. The maximum atomic E-state index is 10.4. The minimum absolute atomic E-state index is 0.165. The second-order valence-electron chi connectivity index (χ2n) is 4.21. The summed E-state index contributed by atoms with van der Waals surface area (Å²) in [6, 6.07) is 0. The van der Waals surface area contributed by atoms with Gasteiger partial charge < -0.3 is 5.11 Å². The lowest BCUT2D eigenvalue weighted by molar-refractivity contribution is -0.137. The molecule has 0 bridgehead atoms. The van der Waals surface area contributed by atoms with Crippen molar-refractivity contribution < 1.29 is 9.90 Å². The fourth-order valence-corrected chi connectivity index (χ4v) is 1.54. The summed E-state index contributed by atoms with van der Waals surface area (Å²) in [5, 5.41) is 8.55. The summed E-state index contributed by atoms with van der Waals surface area (Å²) >= 11 is 0. The van der Waals surface area contributed by atoms with Gasteiger partial charge in [0.15, 0.2) is 0 Å². The Morgan fingerprint density at radius 3 is 2.53 bits per heavy atom. The maximum absolute atomic E-state index is 10.4. The summed E-state index contributed by atoms with van der Waals surface area (Å²) in [7, 11) is 0. The predicted octanol–water partition coefficient (Wildman–Crippen LogP) is 4.01. The molecule has 1 atom stereocenters. The van der Waals surface area contributed by atoms with Gasteiger partial charge in [-0.05, 0) is 18.8 Å². The normalized spacial score (nSPS) is 13.2. The van der Waals surface area contributed by atoms with Gasteiger partial charge in [-0.25, -0.2) is 0 Å². The Bertz CT molecular complexity index is 185. The van der Waals surface area contributed by atoms with E-state index in [1.165, 1.54) is 32.1 Å². The lowest BCUT2D eigenvalue weighted by Gasteiger charge is -2.01. The van der Waals surface area contributed by atoms with E-state index in [9.17, 15) is 4.79 Å². The quantitative estimate of drug-likeness (QED) is 0.463. The number of carboxylic acid groups (broad SMARTS) is 1. The van der Waals surface area contributed by atoms with E-state index < -0.39 is 5.97 Å². The van der Waals surface area contributed by atoms with E-state index in [1.807, 2.05) is 13.0 Å². The standard InChI is InChI=1S/C13H24O2/c1-3-4-5-6-7-8-9-10-12(2)11-13(14)15/h9-10,12H,3-8,11H2,1-2H3,(H,14,15). The van der Waals surface area contributed by atoms with Crippen LogP contribution in [-0.2, 0) is 4.79 Å². The molecule has 0 radical (unpaired) electrons. The molecule has 0 spiro atoms. The van der Waals surface area contributed by atoms with Crippen molar-refractivity contribution in [3.63, 3.8) is 0 Å². The molecule has 2 nitrogen and oxygen atoms in total. The summed E-state index contributed by atoms with van der Waals surface area (Å²) < 4.78 is 0. The number of rotatable bonds is 9. The van der Waals surface area contributed by atoms with Gasteiger partial charge in [-0.15, -0.1) is 0 Å². The molecule has 0 aliphatic rings. The Hall–Kier alpha value is -0.790. The third kappa shape index (κ3) is 11.1. The topological polar surface area (TPSA) is 37.3 Å². The Morgan fingerprint density at radius 2 is 1.93 bits per heavy atom. The van der Waals surface area contributed by atoms with Crippen molar-refractivity contribution in [2.45, 2.75) is 58.8 Å². The molecule has 2 heteroatoms. The zero-order valence-electron chi connectivity index (χ0n) is 10.0. The fourth-order valence-electron chi connectivity index (χ4n) is 1.54. The zero-order valence-corrected chi connectivity index (χ0v) is 10.0. The summed E-state index contributed by atoms with van der Waals surface area (Å²) in [6.45, 7) is 4.16. The third-order valence-corrected chi connectivity index (χ3v) is 2.44.